The Hall–Kier alpha value is -2.28. The standard InChI is InChI=1S/C19H29NO6/c1-18(2,3)16(21)26-20-11-10-13-8-9-14(23-7)15(12-13)24-17(22)25-19(4,5)6/h8-9,12,20H,10-11H2,1-7H3/i7D3. The molecule has 0 amide bonds. The van der Waals surface area contributed by atoms with Gasteiger partial charge in [0.1, 0.15) is 5.60 Å². The first kappa shape index (κ1) is 17.1. The summed E-state index contributed by atoms with van der Waals surface area (Å²) in [5, 5.41) is 0. The van der Waals surface area contributed by atoms with Gasteiger partial charge < -0.3 is 19.0 Å². The summed E-state index contributed by atoms with van der Waals surface area (Å²) >= 11 is 0. The van der Waals surface area contributed by atoms with Crippen LogP contribution in [0.3, 0.4) is 0 Å². The van der Waals surface area contributed by atoms with Crippen molar-refractivity contribution in [2.24, 2.45) is 5.41 Å². The molecular formula is C19H29NO6. The van der Waals surface area contributed by atoms with Crippen molar-refractivity contribution in [2.75, 3.05) is 13.6 Å². The second kappa shape index (κ2) is 8.89. The summed E-state index contributed by atoms with van der Waals surface area (Å²) in [6.07, 6.45) is -0.571. The highest BCUT2D eigenvalue weighted by molar-refractivity contribution is 5.75. The lowest BCUT2D eigenvalue weighted by atomic mass is 9.98. The van der Waals surface area contributed by atoms with E-state index >= 15 is 0 Å². The first-order chi connectivity index (χ1) is 13.1. The molecule has 26 heavy (non-hydrogen) atoms. The lowest BCUT2D eigenvalue weighted by Gasteiger charge is -2.19. The Bertz CT molecular complexity index is 720. The number of carbonyl (C=O) groups is 2. The Morgan fingerprint density at radius 3 is 2.38 bits per heavy atom. The third kappa shape index (κ3) is 7.74. The van der Waals surface area contributed by atoms with Gasteiger partial charge in [-0.1, -0.05) is 6.07 Å². The van der Waals surface area contributed by atoms with Crippen molar-refractivity contribution in [3.8, 4) is 11.5 Å². The molecule has 0 aliphatic rings. The average Bonchev–Trinajstić information content (AvgIpc) is 2.49. The zero-order chi connectivity index (χ0) is 22.5. The Balaban J connectivity index is 2.85. The number of carbonyl (C=O) groups excluding carboxylic acids is 2. The number of ether oxygens (including phenoxy) is 3. The van der Waals surface area contributed by atoms with Gasteiger partial charge in [0.25, 0.3) is 0 Å². The third-order valence-electron chi connectivity index (χ3n) is 2.99. The number of hydroxylamine groups is 1. The molecule has 0 aliphatic carbocycles. The van der Waals surface area contributed by atoms with Crippen LogP contribution in [0.2, 0.25) is 0 Å². The summed E-state index contributed by atoms with van der Waals surface area (Å²) in [6.45, 7) is 10.5. The van der Waals surface area contributed by atoms with Gasteiger partial charge in [-0.15, -0.1) is 0 Å². The van der Waals surface area contributed by atoms with E-state index in [2.05, 4.69) is 5.48 Å². The van der Waals surface area contributed by atoms with E-state index in [1.165, 1.54) is 12.1 Å². The minimum atomic E-state index is -2.71. The largest absolute Gasteiger partial charge is 0.514 e. The molecule has 0 saturated heterocycles. The zero-order valence-electron chi connectivity index (χ0n) is 19.1. The molecular weight excluding hydrogens is 338 g/mol. The molecule has 7 nitrogen and oxygen atoms in total. The van der Waals surface area contributed by atoms with E-state index in [-0.39, 0.29) is 11.5 Å². The fourth-order valence-corrected chi connectivity index (χ4v) is 1.70. The molecule has 0 aliphatic heterocycles. The fourth-order valence-electron chi connectivity index (χ4n) is 1.70. The van der Waals surface area contributed by atoms with Gasteiger partial charge >= 0.3 is 12.1 Å². The van der Waals surface area contributed by atoms with E-state index in [0.717, 1.165) is 0 Å². The second-order valence-electron chi connectivity index (χ2n) is 7.73. The zero-order valence-corrected chi connectivity index (χ0v) is 16.1. The summed E-state index contributed by atoms with van der Waals surface area (Å²) in [7, 11) is -2.71. The van der Waals surface area contributed by atoms with Crippen molar-refractivity contribution in [1.29, 1.82) is 0 Å². The minimum absolute atomic E-state index is 0.0837. The average molecular weight is 370 g/mol. The normalized spacial score (nSPS) is 13.8. The molecule has 0 aromatic heterocycles. The number of nitrogens with one attached hydrogen (secondary N) is 1. The molecule has 0 unspecified atom stereocenters. The Morgan fingerprint density at radius 1 is 1.12 bits per heavy atom. The molecule has 1 aromatic rings. The molecule has 0 spiro atoms. The predicted octanol–water partition coefficient (Wildman–Crippen LogP) is 3.65. The van der Waals surface area contributed by atoms with Crippen LogP contribution in [0.5, 0.6) is 11.5 Å². The van der Waals surface area contributed by atoms with E-state index < -0.39 is 30.2 Å². The van der Waals surface area contributed by atoms with Crippen LogP contribution in [-0.2, 0) is 20.8 Å². The van der Waals surface area contributed by atoms with E-state index in [1.807, 2.05) is 0 Å². The van der Waals surface area contributed by atoms with Gasteiger partial charge in [-0.3, -0.25) is 0 Å². The molecule has 1 rings (SSSR count). The fraction of sp³-hybridized carbons (Fsp3) is 0.579. The monoisotopic (exact) mass is 370 g/mol. The van der Waals surface area contributed by atoms with Crippen LogP contribution < -0.4 is 15.0 Å². The van der Waals surface area contributed by atoms with Crippen molar-refractivity contribution < 1.29 is 32.7 Å². The molecule has 0 atom stereocenters. The van der Waals surface area contributed by atoms with Crippen LogP contribution in [0.25, 0.3) is 0 Å². The number of hydrogen-bond donors (Lipinski definition) is 1. The van der Waals surface area contributed by atoms with E-state index in [1.54, 1.807) is 47.6 Å². The van der Waals surface area contributed by atoms with E-state index in [4.69, 9.17) is 23.2 Å². The number of hydrogen-bond acceptors (Lipinski definition) is 7. The summed E-state index contributed by atoms with van der Waals surface area (Å²) in [4.78, 5) is 28.7. The highest BCUT2D eigenvalue weighted by Gasteiger charge is 2.23. The van der Waals surface area contributed by atoms with Crippen LogP contribution in [-0.4, -0.2) is 31.3 Å². The van der Waals surface area contributed by atoms with Crippen molar-refractivity contribution in [2.45, 2.75) is 53.6 Å². The van der Waals surface area contributed by atoms with Crippen LogP contribution in [0.1, 0.15) is 51.2 Å². The van der Waals surface area contributed by atoms with Crippen LogP contribution in [0, 0.1) is 5.41 Å². The molecule has 0 bridgehead atoms. The van der Waals surface area contributed by atoms with Gasteiger partial charge in [0.2, 0.25) is 0 Å². The van der Waals surface area contributed by atoms with Gasteiger partial charge in [0.15, 0.2) is 11.5 Å². The molecule has 7 heteroatoms. The summed E-state index contributed by atoms with van der Waals surface area (Å²) in [5.74, 6) is -0.598. The summed E-state index contributed by atoms with van der Waals surface area (Å²) in [6, 6.07) is 4.48. The van der Waals surface area contributed by atoms with Gasteiger partial charge in [-0.05, 0) is 65.7 Å². The molecule has 1 N–H and O–H groups in total. The highest BCUT2D eigenvalue weighted by atomic mass is 16.7. The molecule has 0 saturated carbocycles. The number of rotatable bonds is 6. The quantitative estimate of drug-likeness (QED) is 0.354. The smallest absolute Gasteiger partial charge is 0.493 e. The Morgan fingerprint density at radius 2 is 1.81 bits per heavy atom. The lowest BCUT2D eigenvalue weighted by molar-refractivity contribution is -0.160. The van der Waals surface area contributed by atoms with Gasteiger partial charge in [0.05, 0.1) is 16.6 Å². The van der Waals surface area contributed by atoms with Crippen molar-refractivity contribution in [1.82, 2.24) is 5.48 Å². The Labute approximate surface area is 159 Å². The summed E-state index contributed by atoms with van der Waals surface area (Å²) in [5.41, 5.74) is 1.87. The van der Waals surface area contributed by atoms with Gasteiger partial charge in [-0.2, -0.15) is 5.48 Å². The van der Waals surface area contributed by atoms with Crippen molar-refractivity contribution in [3.05, 3.63) is 23.8 Å². The second-order valence-corrected chi connectivity index (χ2v) is 7.73. The van der Waals surface area contributed by atoms with Gasteiger partial charge in [-0.25, -0.2) is 9.59 Å². The first-order valence-corrected chi connectivity index (χ1v) is 8.24. The van der Waals surface area contributed by atoms with E-state index in [9.17, 15) is 9.59 Å². The minimum Gasteiger partial charge on any atom is -0.493 e. The van der Waals surface area contributed by atoms with Crippen molar-refractivity contribution >= 4 is 12.1 Å². The Kier molecular flexibility index (Phi) is 5.86. The molecule has 0 radical (unpaired) electrons. The SMILES string of the molecule is [2H]C([2H])([2H])Oc1ccc(CCNOC(=O)C(C)(C)C)cc1OC(=O)OC(C)(C)C. The maximum atomic E-state index is 12.0. The highest BCUT2D eigenvalue weighted by Crippen LogP contribution is 2.29. The van der Waals surface area contributed by atoms with Crippen LogP contribution >= 0.6 is 0 Å². The lowest BCUT2D eigenvalue weighted by Crippen LogP contribution is -2.30. The predicted molar refractivity (Wildman–Crippen MR) is 97.1 cm³/mol. The maximum Gasteiger partial charge on any atom is 0.514 e. The molecule has 0 fully saturated rings. The number of methoxy groups -OCH3 is 1. The topological polar surface area (TPSA) is 83.1 Å². The maximum absolute atomic E-state index is 12.0. The van der Waals surface area contributed by atoms with E-state index in [0.29, 0.717) is 18.5 Å². The first-order valence-electron chi connectivity index (χ1n) is 9.74. The number of benzene rings is 1. The molecule has 1 aromatic carbocycles. The molecule has 0 heterocycles. The summed E-state index contributed by atoms with van der Waals surface area (Å²) < 4.78 is 36.9. The van der Waals surface area contributed by atoms with Crippen LogP contribution in [0.15, 0.2) is 18.2 Å². The van der Waals surface area contributed by atoms with Crippen LogP contribution in [0.4, 0.5) is 4.79 Å². The van der Waals surface area contributed by atoms with Crippen molar-refractivity contribution in [3.63, 3.8) is 0 Å². The van der Waals surface area contributed by atoms with Gasteiger partial charge in [0, 0.05) is 6.54 Å². The molecule has 146 valence electrons. The third-order valence-corrected chi connectivity index (χ3v) is 2.99.